The Bertz CT molecular complexity index is 684. The minimum atomic E-state index is -0.426. The van der Waals surface area contributed by atoms with Crippen molar-refractivity contribution >= 4 is 5.91 Å². The molecule has 21 heavy (non-hydrogen) atoms. The molecule has 1 saturated heterocycles. The molecule has 0 atom stereocenters. The van der Waals surface area contributed by atoms with Crippen LogP contribution in [0.2, 0.25) is 0 Å². The third-order valence-electron chi connectivity index (χ3n) is 3.35. The second-order valence-electron chi connectivity index (χ2n) is 5.12. The number of rotatable bonds is 4. The van der Waals surface area contributed by atoms with Crippen molar-refractivity contribution in [2.45, 2.75) is 19.6 Å². The molecule has 0 spiro atoms. The van der Waals surface area contributed by atoms with Gasteiger partial charge in [0.25, 0.3) is 0 Å². The van der Waals surface area contributed by atoms with Gasteiger partial charge in [0.2, 0.25) is 5.91 Å². The van der Waals surface area contributed by atoms with E-state index in [4.69, 9.17) is 9.15 Å². The Hall–Kier alpha value is -2.50. The number of ether oxygens (including phenoxy) is 1. The SMILES string of the molecule is Cc1cc(OC2CN(C(=O)Cn3cccc3)C2)cc(=O)o1. The maximum atomic E-state index is 12.0. The maximum Gasteiger partial charge on any atom is 0.339 e. The van der Waals surface area contributed by atoms with Crippen LogP contribution in [0.5, 0.6) is 5.75 Å². The van der Waals surface area contributed by atoms with E-state index in [0.717, 1.165) is 0 Å². The fourth-order valence-electron chi connectivity index (χ4n) is 2.28. The van der Waals surface area contributed by atoms with Gasteiger partial charge < -0.3 is 18.6 Å². The number of amides is 1. The molecule has 1 amide bonds. The lowest BCUT2D eigenvalue weighted by atomic mass is 10.1. The van der Waals surface area contributed by atoms with E-state index in [1.54, 1.807) is 17.9 Å². The van der Waals surface area contributed by atoms with E-state index in [1.165, 1.54) is 6.07 Å². The van der Waals surface area contributed by atoms with Crippen LogP contribution in [0.1, 0.15) is 5.76 Å². The average Bonchev–Trinajstić information content (AvgIpc) is 2.84. The Kier molecular flexibility index (Phi) is 3.51. The molecular formula is C15H16N2O4. The van der Waals surface area contributed by atoms with Gasteiger partial charge in [-0.3, -0.25) is 4.79 Å². The van der Waals surface area contributed by atoms with Crippen LogP contribution in [0.25, 0.3) is 0 Å². The summed E-state index contributed by atoms with van der Waals surface area (Å²) in [5, 5.41) is 0. The van der Waals surface area contributed by atoms with E-state index >= 15 is 0 Å². The highest BCUT2D eigenvalue weighted by molar-refractivity contribution is 5.77. The standard InChI is InChI=1S/C15H16N2O4/c1-11-6-12(7-15(19)20-11)21-13-8-17(9-13)14(18)10-16-4-2-3-5-16/h2-7,13H,8-10H2,1H3. The molecule has 0 aliphatic carbocycles. The average molecular weight is 288 g/mol. The van der Waals surface area contributed by atoms with E-state index in [2.05, 4.69) is 0 Å². The number of carbonyl (C=O) groups excluding carboxylic acids is 1. The molecule has 6 nitrogen and oxygen atoms in total. The third kappa shape index (κ3) is 3.16. The van der Waals surface area contributed by atoms with E-state index in [-0.39, 0.29) is 12.0 Å². The van der Waals surface area contributed by atoms with Crippen molar-refractivity contribution in [1.29, 1.82) is 0 Å². The van der Waals surface area contributed by atoms with Gasteiger partial charge in [0.1, 0.15) is 24.2 Å². The van der Waals surface area contributed by atoms with Gasteiger partial charge >= 0.3 is 5.63 Å². The van der Waals surface area contributed by atoms with Crippen LogP contribution in [0.15, 0.2) is 45.9 Å². The zero-order chi connectivity index (χ0) is 14.8. The molecule has 3 rings (SSSR count). The summed E-state index contributed by atoms with van der Waals surface area (Å²) in [7, 11) is 0. The Morgan fingerprint density at radius 2 is 2.05 bits per heavy atom. The fourth-order valence-corrected chi connectivity index (χ4v) is 2.28. The Balaban J connectivity index is 1.51. The second kappa shape index (κ2) is 5.47. The van der Waals surface area contributed by atoms with Crippen molar-refractivity contribution < 1.29 is 13.9 Å². The van der Waals surface area contributed by atoms with Crippen molar-refractivity contribution in [3.05, 3.63) is 52.8 Å². The van der Waals surface area contributed by atoms with Crippen LogP contribution in [0.3, 0.4) is 0 Å². The largest absolute Gasteiger partial charge is 0.486 e. The van der Waals surface area contributed by atoms with E-state index < -0.39 is 5.63 Å². The minimum absolute atomic E-state index is 0.0646. The van der Waals surface area contributed by atoms with Gasteiger partial charge in [-0.15, -0.1) is 0 Å². The molecule has 0 bridgehead atoms. The fraction of sp³-hybridized carbons (Fsp3) is 0.333. The molecule has 3 heterocycles. The van der Waals surface area contributed by atoms with Crippen molar-refractivity contribution in [1.82, 2.24) is 9.47 Å². The minimum Gasteiger partial charge on any atom is -0.486 e. The third-order valence-corrected chi connectivity index (χ3v) is 3.35. The first-order chi connectivity index (χ1) is 10.1. The molecule has 2 aromatic heterocycles. The molecule has 0 unspecified atom stereocenters. The van der Waals surface area contributed by atoms with Crippen LogP contribution in [-0.2, 0) is 11.3 Å². The molecule has 0 saturated carbocycles. The van der Waals surface area contributed by atoms with Gasteiger partial charge in [0.15, 0.2) is 0 Å². The van der Waals surface area contributed by atoms with E-state index in [0.29, 0.717) is 31.1 Å². The lowest BCUT2D eigenvalue weighted by molar-refractivity contribution is -0.140. The van der Waals surface area contributed by atoms with Crippen LogP contribution in [-0.4, -0.2) is 34.6 Å². The maximum absolute atomic E-state index is 12.0. The van der Waals surface area contributed by atoms with E-state index in [9.17, 15) is 9.59 Å². The summed E-state index contributed by atoms with van der Waals surface area (Å²) in [5.41, 5.74) is -0.426. The summed E-state index contributed by atoms with van der Waals surface area (Å²) in [6, 6.07) is 6.76. The van der Waals surface area contributed by atoms with Gasteiger partial charge in [-0.1, -0.05) is 0 Å². The number of nitrogens with zero attached hydrogens (tertiary/aromatic N) is 2. The van der Waals surface area contributed by atoms with Crippen LogP contribution in [0, 0.1) is 6.92 Å². The van der Waals surface area contributed by atoms with Gasteiger partial charge in [-0.05, 0) is 19.1 Å². The quantitative estimate of drug-likeness (QED) is 0.843. The first-order valence-electron chi connectivity index (χ1n) is 6.77. The number of carbonyl (C=O) groups is 1. The summed E-state index contributed by atoms with van der Waals surface area (Å²) < 4.78 is 12.4. The van der Waals surface area contributed by atoms with Crippen molar-refractivity contribution in [2.75, 3.05) is 13.1 Å². The summed E-state index contributed by atoms with van der Waals surface area (Å²) in [6.45, 7) is 3.12. The smallest absolute Gasteiger partial charge is 0.339 e. The first kappa shape index (κ1) is 13.5. The Labute approximate surface area is 121 Å². The normalized spacial score (nSPS) is 14.8. The van der Waals surface area contributed by atoms with Gasteiger partial charge in [-0.25, -0.2) is 4.79 Å². The first-order valence-corrected chi connectivity index (χ1v) is 6.77. The lowest BCUT2D eigenvalue weighted by Gasteiger charge is -2.39. The number of hydrogen-bond acceptors (Lipinski definition) is 4. The summed E-state index contributed by atoms with van der Waals surface area (Å²) in [5.74, 6) is 1.07. The van der Waals surface area contributed by atoms with E-state index in [1.807, 2.05) is 29.1 Å². The Morgan fingerprint density at radius 3 is 2.71 bits per heavy atom. The van der Waals surface area contributed by atoms with Crippen molar-refractivity contribution in [2.24, 2.45) is 0 Å². The molecule has 2 aromatic rings. The summed E-state index contributed by atoms with van der Waals surface area (Å²) in [6.07, 6.45) is 3.65. The highest BCUT2D eigenvalue weighted by Gasteiger charge is 2.32. The molecule has 6 heteroatoms. The highest BCUT2D eigenvalue weighted by atomic mass is 16.5. The van der Waals surface area contributed by atoms with Crippen molar-refractivity contribution in [3.8, 4) is 5.75 Å². The zero-order valence-corrected chi connectivity index (χ0v) is 11.7. The van der Waals surface area contributed by atoms with Crippen LogP contribution >= 0.6 is 0 Å². The molecule has 0 radical (unpaired) electrons. The summed E-state index contributed by atoms with van der Waals surface area (Å²) in [4.78, 5) is 25.0. The number of hydrogen-bond donors (Lipinski definition) is 0. The topological polar surface area (TPSA) is 64.7 Å². The lowest BCUT2D eigenvalue weighted by Crippen LogP contribution is -2.56. The molecular weight excluding hydrogens is 272 g/mol. The molecule has 0 N–H and O–H groups in total. The molecule has 0 aromatic carbocycles. The van der Waals surface area contributed by atoms with Gasteiger partial charge in [0.05, 0.1) is 19.2 Å². The van der Waals surface area contributed by atoms with Gasteiger partial charge in [0, 0.05) is 18.5 Å². The van der Waals surface area contributed by atoms with Crippen LogP contribution < -0.4 is 10.4 Å². The zero-order valence-electron chi connectivity index (χ0n) is 11.7. The van der Waals surface area contributed by atoms with Crippen molar-refractivity contribution in [3.63, 3.8) is 0 Å². The highest BCUT2D eigenvalue weighted by Crippen LogP contribution is 2.18. The number of likely N-dealkylation sites (tertiary alicyclic amines) is 1. The predicted molar refractivity (Wildman–Crippen MR) is 75.1 cm³/mol. The Morgan fingerprint density at radius 1 is 1.33 bits per heavy atom. The van der Waals surface area contributed by atoms with Crippen LogP contribution in [0.4, 0.5) is 0 Å². The van der Waals surface area contributed by atoms with Gasteiger partial charge in [-0.2, -0.15) is 0 Å². The monoisotopic (exact) mass is 288 g/mol. The second-order valence-corrected chi connectivity index (χ2v) is 5.12. The molecule has 1 fully saturated rings. The summed E-state index contributed by atoms with van der Waals surface area (Å²) >= 11 is 0. The number of aryl methyl sites for hydroxylation is 1. The number of aromatic nitrogens is 1. The molecule has 1 aliphatic rings. The molecule has 1 aliphatic heterocycles. The predicted octanol–water partition coefficient (Wildman–Crippen LogP) is 1.04. The molecule has 110 valence electrons.